The first kappa shape index (κ1) is 16.8. The van der Waals surface area contributed by atoms with Crippen LogP contribution in [0, 0.1) is 0 Å². The fraction of sp³-hybridized carbons (Fsp3) is 0.533. The summed E-state index contributed by atoms with van der Waals surface area (Å²) in [5.74, 6) is -0.436. The molecule has 1 saturated heterocycles. The topological polar surface area (TPSA) is 53.0 Å². The fourth-order valence-electron chi connectivity index (χ4n) is 2.93. The minimum Gasteiger partial charge on any atom is -0.479 e. The highest BCUT2D eigenvalue weighted by molar-refractivity contribution is 5.85. The average Bonchev–Trinajstić information content (AvgIpc) is 2.46. The monoisotopic (exact) mass is 330 g/mol. The van der Waals surface area contributed by atoms with Gasteiger partial charge in [0.15, 0.2) is 12.4 Å². The number of benzene rings is 1. The molecular weight excluding hydrogens is 311 g/mol. The average molecular weight is 331 g/mol. The van der Waals surface area contributed by atoms with Crippen LogP contribution in [0.1, 0.15) is 12.0 Å². The van der Waals surface area contributed by atoms with Crippen molar-refractivity contribution in [3.05, 3.63) is 23.8 Å². The van der Waals surface area contributed by atoms with Crippen molar-refractivity contribution in [2.24, 2.45) is 0 Å². The van der Waals surface area contributed by atoms with Crippen LogP contribution in [0.15, 0.2) is 18.2 Å². The maximum atomic E-state index is 14.3. The lowest BCUT2D eigenvalue weighted by Crippen LogP contribution is -2.50. The van der Waals surface area contributed by atoms with Crippen LogP contribution in [0.2, 0.25) is 0 Å². The lowest BCUT2D eigenvalue weighted by Gasteiger charge is -2.39. The highest BCUT2D eigenvalue weighted by Gasteiger charge is 2.32. The zero-order valence-corrected chi connectivity index (χ0v) is 13.2. The first-order valence-corrected chi connectivity index (χ1v) is 7.17. The summed E-state index contributed by atoms with van der Waals surface area (Å²) in [7, 11) is 1.89. The molecule has 1 fully saturated rings. The van der Waals surface area contributed by atoms with E-state index in [0.29, 0.717) is 37.4 Å². The summed E-state index contributed by atoms with van der Waals surface area (Å²) in [5.41, 5.74) is 1.62. The van der Waals surface area contributed by atoms with Crippen molar-refractivity contribution in [2.75, 3.05) is 31.6 Å². The van der Waals surface area contributed by atoms with Crippen molar-refractivity contribution in [2.45, 2.75) is 25.2 Å². The van der Waals surface area contributed by atoms with E-state index in [9.17, 15) is 9.18 Å². The van der Waals surface area contributed by atoms with E-state index in [1.165, 1.54) is 0 Å². The summed E-state index contributed by atoms with van der Waals surface area (Å²) in [6, 6.07) is 5.60. The van der Waals surface area contributed by atoms with E-state index >= 15 is 0 Å². The fourth-order valence-corrected chi connectivity index (χ4v) is 2.93. The van der Waals surface area contributed by atoms with Gasteiger partial charge in [0.25, 0.3) is 0 Å². The van der Waals surface area contributed by atoms with Crippen LogP contribution in [-0.4, -0.2) is 55.1 Å². The minimum absolute atomic E-state index is 0. The van der Waals surface area contributed by atoms with E-state index in [2.05, 4.69) is 0 Å². The molecule has 0 bridgehead atoms. The number of anilines is 1. The third kappa shape index (κ3) is 3.13. The van der Waals surface area contributed by atoms with E-state index in [1.807, 2.05) is 24.1 Å². The van der Waals surface area contributed by atoms with E-state index in [1.54, 1.807) is 11.0 Å². The number of para-hydroxylation sites is 1. The molecule has 0 amide bonds. The number of carboxylic acids is 1. The Kier molecular flexibility index (Phi) is 5.13. The standard InChI is InChI=1S/C15H19FN2O3.ClH/c1-17-7-8-18(13(16)9-17)11-4-2-3-10-5-6-12(15(19)20)21-14(10)11;/h2-4,12-13H,5-9H2,1H3,(H,19,20);1H. The van der Waals surface area contributed by atoms with Crippen molar-refractivity contribution < 1.29 is 19.0 Å². The molecule has 1 N–H and O–H groups in total. The number of nitrogens with zero attached hydrogens (tertiary/aromatic N) is 2. The van der Waals surface area contributed by atoms with Gasteiger partial charge in [-0.05, 0) is 31.5 Å². The van der Waals surface area contributed by atoms with Crippen LogP contribution in [0.4, 0.5) is 10.1 Å². The largest absolute Gasteiger partial charge is 0.479 e. The summed E-state index contributed by atoms with van der Waals surface area (Å²) < 4.78 is 20.0. The molecule has 1 aromatic rings. The first-order chi connectivity index (χ1) is 10.1. The van der Waals surface area contributed by atoms with E-state index in [-0.39, 0.29) is 12.4 Å². The van der Waals surface area contributed by atoms with Crippen LogP contribution in [-0.2, 0) is 11.2 Å². The zero-order chi connectivity index (χ0) is 15.0. The lowest BCUT2D eigenvalue weighted by atomic mass is 10.0. The number of alkyl halides is 1. The molecule has 2 atom stereocenters. The second kappa shape index (κ2) is 6.71. The number of likely N-dealkylation sites (N-methyl/N-ethyl adjacent to an activating group) is 1. The third-order valence-corrected chi connectivity index (χ3v) is 4.12. The Bertz CT molecular complexity index is 558. The molecule has 0 spiro atoms. The number of piperazine rings is 1. The Morgan fingerprint density at radius 1 is 1.41 bits per heavy atom. The number of fused-ring (bicyclic) bond motifs is 1. The molecule has 0 aliphatic carbocycles. The maximum absolute atomic E-state index is 14.3. The first-order valence-electron chi connectivity index (χ1n) is 7.17. The molecule has 0 radical (unpaired) electrons. The van der Waals surface area contributed by atoms with Crippen LogP contribution < -0.4 is 9.64 Å². The SMILES string of the molecule is CN1CCN(c2cccc3c2OC(C(=O)O)CC3)C(F)C1.Cl. The molecule has 2 heterocycles. The number of aliphatic carboxylic acids is 1. The highest BCUT2D eigenvalue weighted by atomic mass is 35.5. The number of carbonyl (C=O) groups is 1. The van der Waals surface area contributed by atoms with E-state index < -0.39 is 18.4 Å². The number of halogens is 2. The quantitative estimate of drug-likeness (QED) is 0.840. The number of rotatable bonds is 2. The van der Waals surface area contributed by atoms with Crippen molar-refractivity contribution in [1.82, 2.24) is 4.90 Å². The van der Waals surface area contributed by atoms with E-state index in [0.717, 1.165) is 12.1 Å². The molecule has 5 nitrogen and oxygen atoms in total. The molecule has 2 aliphatic heterocycles. The van der Waals surface area contributed by atoms with Crippen LogP contribution >= 0.6 is 12.4 Å². The van der Waals surface area contributed by atoms with Crippen molar-refractivity contribution in [1.29, 1.82) is 0 Å². The smallest absolute Gasteiger partial charge is 0.344 e. The Balaban J connectivity index is 0.00000176. The lowest BCUT2D eigenvalue weighted by molar-refractivity contribution is -0.145. The molecule has 7 heteroatoms. The van der Waals surface area contributed by atoms with Crippen LogP contribution in [0.5, 0.6) is 5.75 Å². The molecule has 2 unspecified atom stereocenters. The van der Waals surface area contributed by atoms with Crippen LogP contribution in [0.3, 0.4) is 0 Å². The summed E-state index contributed by atoms with van der Waals surface area (Å²) in [6.45, 7) is 1.67. The van der Waals surface area contributed by atoms with Gasteiger partial charge < -0.3 is 14.7 Å². The number of hydrogen-bond acceptors (Lipinski definition) is 4. The molecule has 3 rings (SSSR count). The number of aryl methyl sites for hydroxylation is 1. The van der Waals surface area contributed by atoms with E-state index in [4.69, 9.17) is 9.84 Å². The maximum Gasteiger partial charge on any atom is 0.344 e. The molecule has 1 aromatic carbocycles. The zero-order valence-electron chi connectivity index (χ0n) is 12.4. The summed E-state index contributed by atoms with van der Waals surface area (Å²) in [5, 5.41) is 9.13. The Labute approximate surface area is 135 Å². The normalized spacial score (nSPS) is 24.9. The molecule has 22 heavy (non-hydrogen) atoms. The van der Waals surface area contributed by atoms with Gasteiger partial charge in [0.1, 0.15) is 5.75 Å². The third-order valence-electron chi connectivity index (χ3n) is 4.12. The summed E-state index contributed by atoms with van der Waals surface area (Å²) in [6.07, 6.45) is -0.855. The van der Waals surface area contributed by atoms with Gasteiger partial charge in [-0.15, -0.1) is 12.4 Å². The predicted molar refractivity (Wildman–Crippen MR) is 83.8 cm³/mol. The molecule has 0 aromatic heterocycles. The molecule has 2 aliphatic rings. The highest BCUT2D eigenvalue weighted by Crippen LogP contribution is 2.38. The Hall–Kier alpha value is -1.53. The molecule has 122 valence electrons. The summed E-state index contributed by atoms with van der Waals surface area (Å²) in [4.78, 5) is 14.8. The molecular formula is C15H20ClFN2O3. The second-order valence-electron chi connectivity index (χ2n) is 5.64. The Morgan fingerprint density at radius 3 is 2.86 bits per heavy atom. The second-order valence-corrected chi connectivity index (χ2v) is 5.64. The van der Waals surface area contributed by atoms with Gasteiger partial charge in [-0.25, -0.2) is 9.18 Å². The van der Waals surface area contributed by atoms with Crippen LogP contribution in [0.25, 0.3) is 0 Å². The number of carboxylic acid groups (broad SMARTS) is 1. The summed E-state index contributed by atoms with van der Waals surface area (Å²) >= 11 is 0. The van der Waals surface area contributed by atoms with Gasteiger partial charge in [-0.3, -0.25) is 4.90 Å². The number of ether oxygens (including phenoxy) is 1. The van der Waals surface area contributed by atoms with Crippen molar-refractivity contribution >= 4 is 24.1 Å². The van der Waals surface area contributed by atoms with Gasteiger partial charge in [-0.1, -0.05) is 12.1 Å². The van der Waals surface area contributed by atoms with Gasteiger partial charge in [0.2, 0.25) is 0 Å². The van der Waals surface area contributed by atoms with Gasteiger partial charge in [0.05, 0.1) is 5.69 Å². The van der Waals surface area contributed by atoms with Gasteiger partial charge >= 0.3 is 5.97 Å². The van der Waals surface area contributed by atoms with Gasteiger partial charge in [0, 0.05) is 19.6 Å². The Morgan fingerprint density at radius 2 is 2.18 bits per heavy atom. The molecule has 0 saturated carbocycles. The van der Waals surface area contributed by atoms with Crippen molar-refractivity contribution in [3.8, 4) is 5.75 Å². The van der Waals surface area contributed by atoms with Crippen molar-refractivity contribution in [3.63, 3.8) is 0 Å². The minimum atomic E-state index is -1.11. The number of hydrogen-bond donors (Lipinski definition) is 1. The predicted octanol–water partition coefficient (Wildman–Crippen LogP) is 1.93. The van der Waals surface area contributed by atoms with Gasteiger partial charge in [-0.2, -0.15) is 0 Å².